The maximum absolute atomic E-state index is 12.0. The predicted octanol–water partition coefficient (Wildman–Crippen LogP) is 2.65. The molecule has 1 aromatic heterocycles. The van der Waals surface area contributed by atoms with Crippen molar-refractivity contribution in [3.63, 3.8) is 0 Å². The van der Waals surface area contributed by atoms with Crippen molar-refractivity contribution in [2.45, 2.75) is 25.9 Å². The van der Waals surface area contributed by atoms with Gasteiger partial charge in [0.15, 0.2) is 5.82 Å². The van der Waals surface area contributed by atoms with E-state index < -0.39 is 0 Å². The first-order valence-electron chi connectivity index (χ1n) is 7.30. The quantitative estimate of drug-likeness (QED) is 0.907. The molecule has 1 fully saturated rings. The summed E-state index contributed by atoms with van der Waals surface area (Å²) in [5.41, 5.74) is 2.51. The molecule has 6 nitrogen and oxygen atoms in total. The first kappa shape index (κ1) is 14.5. The second kappa shape index (κ2) is 6.53. The summed E-state index contributed by atoms with van der Waals surface area (Å²) in [6.45, 7) is 2.56. The SMILES string of the molecule is Cc1ccc(Nc2ccc(NC(=O)[C@H]3CCCO3)cc2)nn1. The van der Waals surface area contributed by atoms with Gasteiger partial charge in [-0.1, -0.05) is 0 Å². The molecule has 114 valence electrons. The smallest absolute Gasteiger partial charge is 0.253 e. The molecule has 1 aliphatic heterocycles. The molecule has 1 saturated heterocycles. The molecule has 2 heterocycles. The number of rotatable bonds is 4. The third kappa shape index (κ3) is 3.59. The van der Waals surface area contributed by atoms with Crippen LogP contribution in [0.25, 0.3) is 0 Å². The van der Waals surface area contributed by atoms with Crippen molar-refractivity contribution in [2.24, 2.45) is 0 Å². The number of aryl methyl sites for hydroxylation is 1. The number of nitrogens with one attached hydrogen (secondary N) is 2. The van der Waals surface area contributed by atoms with Crippen LogP contribution in [0.3, 0.4) is 0 Å². The zero-order valence-electron chi connectivity index (χ0n) is 12.4. The molecule has 1 atom stereocenters. The number of anilines is 3. The normalized spacial score (nSPS) is 17.2. The molecule has 0 radical (unpaired) electrons. The van der Waals surface area contributed by atoms with Gasteiger partial charge in [-0.05, 0) is 56.2 Å². The summed E-state index contributed by atoms with van der Waals surface area (Å²) in [6.07, 6.45) is 1.41. The summed E-state index contributed by atoms with van der Waals surface area (Å²) in [5.74, 6) is 0.601. The maximum Gasteiger partial charge on any atom is 0.253 e. The third-order valence-corrected chi connectivity index (χ3v) is 3.44. The minimum absolute atomic E-state index is 0.0809. The van der Waals surface area contributed by atoms with Crippen molar-refractivity contribution in [1.82, 2.24) is 10.2 Å². The van der Waals surface area contributed by atoms with Crippen molar-refractivity contribution in [3.05, 3.63) is 42.1 Å². The Labute approximate surface area is 128 Å². The summed E-state index contributed by atoms with van der Waals surface area (Å²) in [6, 6.07) is 11.2. The second-order valence-corrected chi connectivity index (χ2v) is 5.25. The van der Waals surface area contributed by atoms with Gasteiger partial charge in [0, 0.05) is 18.0 Å². The third-order valence-electron chi connectivity index (χ3n) is 3.44. The van der Waals surface area contributed by atoms with Crippen LogP contribution in [0.4, 0.5) is 17.2 Å². The van der Waals surface area contributed by atoms with Crippen molar-refractivity contribution >= 4 is 23.1 Å². The lowest BCUT2D eigenvalue weighted by Crippen LogP contribution is -2.26. The fourth-order valence-corrected chi connectivity index (χ4v) is 2.26. The Morgan fingerprint density at radius 3 is 2.55 bits per heavy atom. The fraction of sp³-hybridized carbons (Fsp3) is 0.312. The summed E-state index contributed by atoms with van der Waals surface area (Å²) in [7, 11) is 0. The van der Waals surface area contributed by atoms with Gasteiger partial charge in [-0.25, -0.2) is 0 Å². The fourth-order valence-electron chi connectivity index (χ4n) is 2.26. The summed E-state index contributed by atoms with van der Waals surface area (Å²) in [5, 5.41) is 14.1. The Kier molecular flexibility index (Phi) is 4.29. The van der Waals surface area contributed by atoms with E-state index in [1.54, 1.807) is 0 Å². The zero-order chi connectivity index (χ0) is 15.4. The monoisotopic (exact) mass is 298 g/mol. The second-order valence-electron chi connectivity index (χ2n) is 5.25. The Hall–Kier alpha value is -2.47. The number of aromatic nitrogens is 2. The van der Waals surface area contributed by atoms with Crippen LogP contribution in [-0.2, 0) is 9.53 Å². The van der Waals surface area contributed by atoms with E-state index in [-0.39, 0.29) is 12.0 Å². The minimum atomic E-state index is -0.319. The van der Waals surface area contributed by atoms with Gasteiger partial charge >= 0.3 is 0 Å². The number of hydrogen-bond donors (Lipinski definition) is 2. The Morgan fingerprint density at radius 2 is 1.91 bits per heavy atom. The molecule has 1 aliphatic rings. The number of carbonyl (C=O) groups excluding carboxylic acids is 1. The van der Waals surface area contributed by atoms with Gasteiger partial charge in [-0.15, -0.1) is 5.10 Å². The van der Waals surface area contributed by atoms with Crippen LogP contribution in [0.1, 0.15) is 18.5 Å². The van der Waals surface area contributed by atoms with Gasteiger partial charge in [0.05, 0.1) is 5.69 Å². The van der Waals surface area contributed by atoms with Crippen molar-refractivity contribution < 1.29 is 9.53 Å². The molecule has 0 aliphatic carbocycles. The largest absolute Gasteiger partial charge is 0.368 e. The van der Waals surface area contributed by atoms with Crippen molar-refractivity contribution in [1.29, 1.82) is 0 Å². The molecule has 0 spiro atoms. The molecular weight excluding hydrogens is 280 g/mol. The van der Waals surface area contributed by atoms with Crippen molar-refractivity contribution in [3.8, 4) is 0 Å². The van der Waals surface area contributed by atoms with E-state index in [1.807, 2.05) is 43.3 Å². The molecule has 2 N–H and O–H groups in total. The van der Waals surface area contributed by atoms with Gasteiger partial charge in [0.1, 0.15) is 6.10 Å². The first-order valence-corrected chi connectivity index (χ1v) is 7.30. The Balaban J connectivity index is 1.60. The first-order chi connectivity index (χ1) is 10.7. The average molecular weight is 298 g/mol. The lowest BCUT2D eigenvalue weighted by Gasteiger charge is -2.11. The molecule has 22 heavy (non-hydrogen) atoms. The Morgan fingerprint density at radius 1 is 1.14 bits per heavy atom. The lowest BCUT2D eigenvalue weighted by molar-refractivity contribution is -0.124. The van der Waals surface area contributed by atoms with E-state index >= 15 is 0 Å². The summed E-state index contributed by atoms with van der Waals surface area (Å²) < 4.78 is 5.36. The van der Waals surface area contributed by atoms with Gasteiger partial charge in [-0.2, -0.15) is 5.10 Å². The summed E-state index contributed by atoms with van der Waals surface area (Å²) >= 11 is 0. The van der Waals surface area contributed by atoms with Crippen LogP contribution in [0.15, 0.2) is 36.4 Å². The van der Waals surface area contributed by atoms with Crippen molar-refractivity contribution in [2.75, 3.05) is 17.2 Å². The highest BCUT2D eigenvalue weighted by Gasteiger charge is 2.23. The number of nitrogens with zero attached hydrogens (tertiary/aromatic N) is 2. The molecule has 1 amide bonds. The van der Waals surface area contributed by atoms with E-state index in [0.717, 1.165) is 29.9 Å². The predicted molar refractivity (Wildman–Crippen MR) is 84.1 cm³/mol. The van der Waals surface area contributed by atoms with Crippen LogP contribution < -0.4 is 10.6 Å². The molecule has 3 rings (SSSR count). The topological polar surface area (TPSA) is 76.1 Å². The van der Waals surface area contributed by atoms with Crippen LogP contribution >= 0.6 is 0 Å². The number of hydrogen-bond acceptors (Lipinski definition) is 5. The molecule has 1 aromatic carbocycles. The highest BCUT2D eigenvalue weighted by atomic mass is 16.5. The van der Waals surface area contributed by atoms with E-state index in [4.69, 9.17) is 4.74 Å². The molecule has 2 aromatic rings. The van der Waals surface area contributed by atoms with Gasteiger partial charge in [-0.3, -0.25) is 4.79 Å². The van der Waals surface area contributed by atoms with E-state index in [1.165, 1.54) is 0 Å². The van der Waals surface area contributed by atoms with E-state index in [0.29, 0.717) is 12.4 Å². The highest BCUT2D eigenvalue weighted by Crippen LogP contribution is 2.19. The minimum Gasteiger partial charge on any atom is -0.368 e. The molecule has 0 saturated carbocycles. The lowest BCUT2D eigenvalue weighted by atomic mass is 10.2. The number of benzene rings is 1. The molecule has 6 heteroatoms. The van der Waals surface area contributed by atoms with Gasteiger partial charge in [0.25, 0.3) is 5.91 Å². The standard InChI is InChI=1S/C16H18N4O2/c1-11-4-9-15(20-19-11)17-12-5-7-13(8-6-12)18-16(21)14-3-2-10-22-14/h4-9,14H,2-3,10H2,1H3,(H,17,20)(H,18,21)/t14-/m1/s1. The van der Waals surface area contributed by atoms with Crippen LogP contribution in [-0.4, -0.2) is 28.8 Å². The molecule has 0 unspecified atom stereocenters. The summed E-state index contributed by atoms with van der Waals surface area (Å²) in [4.78, 5) is 12.0. The van der Waals surface area contributed by atoms with Gasteiger partial charge in [0.2, 0.25) is 0 Å². The average Bonchev–Trinajstić information content (AvgIpc) is 3.06. The molecule has 0 bridgehead atoms. The number of ether oxygens (including phenoxy) is 1. The Bertz CT molecular complexity index is 634. The highest BCUT2D eigenvalue weighted by molar-refractivity contribution is 5.94. The number of carbonyl (C=O) groups is 1. The molecular formula is C16H18N4O2. The van der Waals surface area contributed by atoms with E-state index in [2.05, 4.69) is 20.8 Å². The van der Waals surface area contributed by atoms with Crippen LogP contribution in [0.5, 0.6) is 0 Å². The van der Waals surface area contributed by atoms with Gasteiger partial charge < -0.3 is 15.4 Å². The van der Waals surface area contributed by atoms with Crippen LogP contribution in [0, 0.1) is 6.92 Å². The number of amides is 1. The van der Waals surface area contributed by atoms with E-state index in [9.17, 15) is 4.79 Å². The van der Waals surface area contributed by atoms with Crippen LogP contribution in [0.2, 0.25) is 0 Å². The zero-order valence-corrected chi connectivity index (χ0v) is 12.4. The maximum atomic E-state index is 12.0.